The number of nitrogens with two attached hydrogens (primary N) is 1. The number of anilines is 1. The van der Waals surface area contributed by atoms with Crippen molar-refractivity contribution in [1.29, 1.82) is 0 Å². The predicted octanol–water partition coefficient (Wildman–Crippen LogP) is 1.24. The lowest BCUT2D eigenvalue weighted by Crippen LogP contribution is -2.27. The number of benzene rings is 1. The summed E-state index contributed by atoms with van der Waals surface area (Å²) >= 11 is 0. The SMILES string of the molecule is COC(=O)[C@@H]1OC(C)O[C@H]1c1ccccc1N. The average molecular weight is 237 g/mol. The molecule has 1 heterocycles. The molecule has 1 saturated heterocycles. The van der Waals surface area contributed by atoms with Gasteiger partial charge in [0, 0.05) is 11.3 Å². The molecule has 1 aliphatic rings. The van der Waals surface area contributed by atoms with Gasteiger partial charge in [0.1, 0.15) is 6.10 Å². The van der Waals surface area contributed by atoms with E-state index in [1.165, 1.54) is 7.11 Å². The largest absolute Gasteiger partial charge is 0.467 e. The lowest BCUT2D eigenvalue weighted by atomic mass is 10.0. The first kappa shape index (κ1) is 11.9. The van der Waals surface area contributed by atoms with E-state index in [1.54, 1.807) is 13.0 Å². The molecule has 17 heavy (non-hydrogen) atoms. The van der Waals surface area contributed by atoms with Crippen LogP contribution in [-0.2, 0) is 19.0 Å². The molecule has 5 heteroatoms. The number of carbonyl (C=O) groups is 1. The van der Waals surface area contributed by atoms with E-state index in [1.807, 2.05) is 18.2 Å². The summed E-state index contributed by atoms with van der Waals surface area (Å²) in [6, 6.07) is 7.24. The smallest absolute Gasteiger partial charge is 0.338 e. The van der Waals surface area contributed by atoms with Crippen molar-refractivity contribution in [2.45, 2.75) is 25.4 Å². The lowest BCUT2D eigenvalue weighted by molar-refractivity contribution is -0.153. The fraction of sp³-hybridized carbons (Fsp3) is 0.417. The van der Waals surface area contributed by atoms with Crippen molar-refractivity contribution in [3.05, 3.63) is 29.8 Å². The van der Waals surface area contributed by atoms with Gasteiger partial charge in [-0.2, -0.15) is 0 Å². The first-order chi connectivity index (χ1) is 8.13. The first-order valence-electron chi connectivity index (χ1n) is 5.36. The Morgan fingerprint density at radius 3 is 2.71 bits per heavy atom. The molecule has 5 nitrogen and oxygen atoms in total. The number of ether oxygens (including phenoxy) is 3. The molecule has 2 N–H and O–H groups in total. The van der Waals surface area contributed by atoms with E-state index in [9.17, 15) is 4.79 Å². The third-order valence-electron chi connectivity index (χ3n) is 2.69. The molecular formula is C12H15NO4. The molecule has 0 spiro atoms. The van der Waals surface area contributed by atoms with Crippen molar-refractivity contribution in [3.63, 3.8) is 0 Å². The molecule has 3 atom stereocenters. The van der Waals surface area contributed by atoms with E-state index in [0.29, 0.717) is 5.69 Å². The summed E-state index contributed by atoms with van der Waals surface area (Å²) in [5.41, 5.74) is 7.18. The molecule has 1 unspecified atom stereocenters. The van der Waals surface area contributed by atoms with E-state index < -0.39 is 24.5 Å². The minimum absolute atomic E-state index is 0.455. The van der Waals surface area contributed by atoms with Gasteiger partial charge in [0.05, 0.1) is 7.11 Å². The fourth-order valence-corrected chi connectivity index (χ4v) is 1.89. The van der Waals surface area contributed by atoms with Gasteiger partial charge in [0.15, 0.2) is 12.4 Å². The fourth-order valence-electron chi connectivity index (χ4n) is 1.89. The topological polar surface area (TPSA) is 70.8 Å². The highest BCUT2D eigenvalue weighted by Crippen LogP contribution is 2.35. The molecule has 0 bridgehead atoms. The van der Waals surface area contributed by atoms with Crippen LogP contribution in [0.3, 0.4) is 0 Å². The second kappa shape index (κ2) is 4.73. The van der Waals surface area contributed by atoms with Crippen LogP contribution in [-0.4, -0.2) is 25.5 Å². The Kier molecular flexibility index (Phi) is 3.31. The maximum absolute atomic E-state index is 11.6. The zero-order valence-electron chi connectivity index (χ0n) is 9.75. The molecular weight excluding hydrogens is 222 g/mol. The minimum atomic E-state index is -0.764. The number of hydrogen-bond donors (Lipinski definition) is 1. The number of para-hydroxylation sites is 1. The number of methoxy groups -OCH3 is 1. The zero-order valence-corrected chi connectivity index (χ0v) is 9.75. The normalized spacial score (nSPS) is 28.0. The van der Waals surface area contributed by atoms with Crippen molar-refractivity contribution >= 4 is 11.7 Å². The molecule has 0 radical (unpaired) electrons. The van der Waals surface area contributed by atoms with E-state index in [2.05, 4.69) is 4.74 Å². The standard InChI is InChI=1S/C12H15NO4/c1-7-16-10(11(17-7)12(14)15-2)8-5-3-4-6-9(8)13/h3-7,10-11H,13H2,1-2H3/t7?,10-,11+/m0/s1. The molecule has 0 saturated carbocycles. The molecule has 0 amide bonds. The average Bonchev–Trinajstić information content (AvgIpc) is 2.71. The van der Waals surface area contributed by atoms with Gasteiger partial charge in [-0.1, -0.05) is 18.2 Å². The Hall–Kier alpha value is -1.59. The van der Waals surface area contributed by atoms with Crippen molar-refractivity contribution in [1.82, 2.24) is 0 Å². The minimum Gasteiger partial charge on any atom is -0.467 e. The van der Waals surface area contributed by atoms with E-state index in [-0.39, 0.29) is 0 Å². The van der Waals surface area contributed by atoms with E-state index >= 15 is 0 Å². The molecule has 1 fully saturated rings. The number of hydrogen-bond acceptors (Lipinski definition) is 5. The highest BCUT2D eigenvalue weighted by molar-refractivity contribution is 5.76. The van der Waals surface area contributed by atoms with Gasteiger partial charge < -0.3 is 19.9 Å². The second-order valence-electron chi connectivity index (χ2n) is 3.83. The van der Waals surface area contributed by atoms with E-state index in [0.717, 1.165) is 5.56 Å². The van der Waals surface area contributed by atoms with Crippen molar-refractivity contribution < 1.29 is 19.0 Å². The van der Waals surface area contributed by atoms with Crippen LogP contribution in [0.4, 0.5) is 5.69 Å². The van der Waals surface area contributed by atoms with Crippen molar-refractivity contribution in [2.24, 2.45) is 0 Å². The lowest BCUT2D eigenvalue weighted by Gasteiger charge is -2.16. The first-order valence-corrected chi connectivity index (χ1v) is 5.36. The Balaban J connectivity index is 2.30. The summed E-state index contributed by atoms with van der Waals surface area (Å²) < 4.78 is 15.6. The highest BCUT2D eigenvalue weighted by atomic mass is 16.7. The summed E-state index contributed by atoms with van der Waals surface area (Å²) in [5.74, 6) is -0.456. The van der Waals surface area contributed by atoms with Gasteiger partial charge >= 0.3 is 5.97 Å². The molecule has 1 aliphatic heterocycles. The van der Waals surface area contributed by atoms with Crippen LogP contribution in [0.1, 0.15) is 18.6 Å². The summed E-state index contributed by atoms with van der Waals surface area (Å²) in [4.78, 5) is 11.6. The molecule has 92 valence electrons. The van der Waals surface area contributed by atoms with Crippen LogP contribution in [0.25, 0.3) is 0 Å². The van der Waals surface area contributed by atoms with Crippen LogP contribution in [0, 0.1) is 0 Å². The third-order valence-corrected chi connectivity index (χ3v) is 2.69. The third kappa shape index (κ3) is 2.25. The van der Waals surface area contributed by atoms with Gasteiger partial charge in [-0.3, -0.25) is 0 Å². The monoisotopic (exact) mass is 237 g/mol. The van der Waals surface area contributed by atoms with Crippen LogP contribution in [0.2, 0.25) is 0 Å². The van der Waals surface area contributed by atoms with Crippen LogP contribution in [0.5, 0.6) is 0 Å². The van der Waals surface area contributed by atoms with Crippen LogP contribution in [0.15, 0.2) is 24.3 Å². The summed E-state index contributed by atoms with van der Waals surface area (Å²) in [7, 11) is 1.32. The molecule has 2 rings (SSSR count). The maximum Gasteiger partial charge on any atom is 0.338 e. The Morgan fingerprint density at radius 2 is 2.06 bits per heavy atom. The molecule has 1 aromatic carbocycles. The summed E-state index contributed by atoms with van der Waals surface area (Å²) in [6.45, 7) is 1.73. The van der Waals surface area contributed by atoms with Gasteiger partial charge in [-0.05, 0) is 13.0 Å². The number of esters is 1. The number of nitrogen functional groups attached to an aromatic ring is 1. The molecule has 1 aromatic rings. The van der Waals surface area contributed by atoms with Gasteiger partial charge in [0.2, 0.25) is 0 Å². The van der Waals surface area contributed by atoms with Gasteiger partial charge in [-0.15, -0.1) is 0 Å². The molecule has 0 aromatic heterocycles. The summed E-state index contributed by atoms with van der Waals surface area (Å²) in [6.07, 6.45) is -1.73. The zero-order chi connectivity index (χ0) is 12.4. The highest BCUT2D eigenvalue weighted by Gasteiger charge is 2.41. The van der Waals surface area contributed by atoms with Gasteiger partial charge in [-0.25, -0.2) is 4.79 Å². The molecule has 0 aliphatic carbocycles. The maximum atomic E-state index is 11.6. The second-order valence-corrected chi connectivity index (χ2v) is 3.83. The van der Waals surface area contributed by atoms with Gasteiger partial charge in [0.25, 0.3) is 0 Å². The van der Waals surface area contributed by atoms with Crippen molar-refractivity contribution in [3.8, 4) is 0 Å². The Morgan fingerprint density at radius 1 is 1.35 bits per heavy atom. The quantitative estimate of drug-likeness (QED) is 0.619. The summed E-state index contributed by atoms with van der Waals surface area (Å²) in [5, 5.41) is 0. The Bertz CT molecular complexity index is 421. The number of rotatable bonds is 2. The van der Waals surface area contributed by atoms with Crippen LogP contribution >= 0.6 is 0 Å². The predicted molar refractivity (Wildman–Crippen MR) is 61.0 cm³/mol. The number of carbonyl (C=O) groups excluding carboxylic acids is 1. The van der Waals surface area contributed by atoms with Crippen LogP contribution < -0.4 is 5.73 Å². The Labute approximate surface area is 99.5 Å². The van der Waals surface area contributed by atoms with E-state index in [4.69, 9.17) is 15.2 Å². The van der Waals surface area contributed by atoms with Crippen molar-refractivity contribution in [2.75, 3.05) is 12.8 Å².